The predicted molar refractivity (Wildman–Crippen MR) is 94.7 cm³/mol. The molecule has 29 heavy (non-hydrogen) atoms. The van der Waals surface area contributed by atoms with Gasteiger partial charge in [-0.25, -0.2) is 0 Å². The summed E-state index contributed by atoms with van der Waals surface area (Å²) in [4.78, 5) is 0. The summed E-state index contributed by atoms with van der Waals surface area (Å²) >= 11 is 0. The summed E-state index contributed by atoms with van der Waals surface area (Å²) in [6.45, 7) is 3.42. The number of benzene rings is 1. The van der Waals surface area contributed by atoms with E-state index in [0.29, 0.717) is 43.4 Å². The van der Waals surface area contributed by atoms with Crippen LogP contribution >= 0.6 is 0 Å². The lowest BCUT2D eigenvalue weighted by Crippen LogP contribution is -2.53. The standard InChI is InChI=1S/C18H24F6O4S/c1-4-15(29(26,27)28-3)7-5-6-12(2)13-8-10-14(11-9-13)16(25,17(19,20)21)18(22,23)24/h8-12,15,25H,4-7H2,1-3H3. The van der Waals surface area contributed by atoms with Gasteiger partial charge < -0.3 is 5.11 Å². The summed E-state index contributed by atoms with van der Waals surface area (Å²) in [6, 6.07) is 3.42. The van der Waals surface area contributed by atoms with Gasteiger partial charge in [0.2, 0.25) is 0 Å². The Balaban J connectivity index is 2.91. The van der Waals surface area contributed by atoms with Crippen molar-refractivity contribution in [2.45, 2.75) is 68.7 Å². The zero-order valence-corrected chi connectivity index (χ0v) is 17.0. The monoisotopic (exact) mass is 450 g/mol. The predicted octanol–water partition coefficient (Wildman–Crippen LogP) is 5.03. The smallest absolute Gasteiger partial charge is 0.369 e. The topological polar surface area (TPSA) is 63.6 Å². The van der Waals surface area contributed by atoms with Crippen molar-refractivity contribution in [2.24, 2.45) is 0 Å². The molecule has 1 N–H and O–H groups in total. The molecule has 0 aliphatic rings. The molecule has 2 atom stereocenters. The molecule has 0 bridgehead atoms. The van der Waals surface area contributed by atoms with Crippen LogP contribution in [-0.4, -0.2) is 38.2 Å². The van der Waals surface area contributed by atoms with Crippen LogP contribution in [0.4, 0.5) is 26.3 Å². The van der Waals surface area contributed by atoms with Crippen molar-refractivity contribution in [3.05, 3.63) is 35.4 Å². The van der Waals surface area contributed by atoms with Gasteiger partial charge in [0.15, 0.2) is 0 Å². The SMILES string of the molecule is CCC(CCCC(C)c1ccc(C(O)(C(F)(F)F)C(F)(F)F)cc1)S(=O)(=O)OC. The summed E-state index contributed by atoms with van der Waals surface area (Å²) in [5, 5.41) is 8.71. The molecule has 0 aromatic heterocycles. The second kappa shape index (κ2) is 9.22. The van der Waals surface area contributed by atoms with Crippen LogP contribution in [0.25, 0.3) is 0 Å². The molecular formula is C18H24F6O4S. The molecule has 0 amide bonds. The number of rotatable bonds is 9. The van der Waals surface area contributed by atoms with Gasteiger partial charge in [0.05, 0.1) is 12.4 Å². The molecule has 0 saturated heterocycles. The molecule has 0 radical (unpaired) electrons. The third-order valence-electron chi connectivity index (χ3n) is 4.98. The molecule has 1 aromatic carbocycles. The highest BCUT2D eigenvalue weighted by Crippen LogP contribution is 2.50. The van der Waals surface area contributed by atoms with Gasteiger partial charge in [0, 0.05) is 5.56 Å². The highest BCUT2D eigenvalue weighted by atomic mass is 32.2. The van der Waals surface area contributed by atoms with Crippen molar-refractivity contribution in [2.75, 3.05) is 7.11 Å². The van der Waals surface area contributed by atoms with E-state index in [4.69, 9.17) is 0 Å². The average Bonchev–Trinajstić information content (AvgIpc) is 2.62. The van der Waals surface area contributed by atoms with Gasteiger partial charge in [0.1, 0.15) is 0 Å². The minimum Gasteiger partial charge on any atom is -0.369 e. The first-order chi connectivity index (χ1) is 13.1. The summed E-state index contributed by atoms with van der Waals surface area (Å²) in [6.07, 6.45) is -10.2. The van der Waals surface area contributed by atoms with E-state index in [0.717, 1.165) is 19.2 Å². The third-order valence-corrected chi connectivity index (χ3v) is 6.83. The van der Waals surface area contributed by atoms with E-state index in [1.807, 2.05) is 0 Å². The van der Waals surface area contributed by atoms with Crippen molar-refractivity contribution < 1.29 is 44.0 Å². The van der Waals surface area contributed by atoms with Gasteiger partial charge in [-0.15, -0.1) is 0 Å². The Morgan fingerprint density at radius 3 is 1.86 bits per heavy atom. The fourth-order valence-electron chi connectivity index (χ4n) is 3.05. The zero-order chi connectivity index (χ0) is 22.7. The van der Waals surface area contributed by atoms with E-state index in [9.17, 15) is 39.9 Å². The number of hydrogen-bond donors (Lipinski definition) is 1. The Morgan fingerprint density at radius 1 is 1.00 bits per heavy atom. The quantitative estimate of drug-likeness (QED) is 0.424. The summed E-state index contributed by atoms with van der Waals surface area (Å²) in [5.74, 6) is -0.239. The highest BCUT2D eigenvalue weighted by Gasteiger charge is 2.71. The van der Waals surface area contributed by atoms with Gasteiger partial charge in [-0.05, 0) is 30.7 Å². The van der Waals surface area contributed by atoms with Crippen LogP contribution < -0.4 is 0 Å². The minimum absolute atomic E-state index is 0.239. The fourth-order valence-corrected chi connectivity index (χ4v) is 4.18. The first-order valence-electron chi connectivity index (χ1n) is 8.87. The van der Waals surface area contributed by atoms with Gasteiger partial charge in [-0.2, -0.15) is 34.8 Å². The normalized spacial score (nSPS) is 15.9. The number of aliphatic hydroxyl groups is 1. The van der Waals surface area contributed by atoms with Gasteiger partial charge in [0.25, 0.3) is 15.7 Å². The van der Waals surface area contributed by atoms with E-state index >= 15 is 0 Å². The molecule has 2 unspecified atom stereocenters. The molecule has 11 heteroatoms. The van der Waals surface area contributed by atoms with E-state index in [-0.39, 0.29) is 5.92 Å². The van der Waals surface area contributed by atoms with Crippen molar-refractivity contribution >= 4 is 10.1 Å². The second-order valence-electron chi connectivity index (χ2n) is 6.85. The van der Waals surface area contributed by atoms with E-state index in [1.54, 1.807) is 13.8 Å². The Bertz CT molecular complexity index is 742. The average molecular weight is 450 g/mol. The fraction of sp³-hybridized carbons (Fsp3) is 0.667. The molecular weight excluding hydrogens is 426 g/mol. The maximum absolute atomic E-state index is 12.9. The molecule has 0 heterocycles. The van der Waals surface area contributed by atoms with Crippen LogP contribution in [0.3, 0.4) is 0 Å². The molecule has 4 nitrogen and oxygen atoms in total. The maximum Gasteiger partial charge on any atom is 0.430 e. The number of alkyl halides is 6. The zero-order valence-electron chi connectivity index (χ0n) is 16.1. The Labute approximate surface area is 166 Å². The van der Waals surface area contributed by atoms with Crippen molar-refractivity contribution in [1.82, 2.24) is 0 Å². The van der Waals surface area contributed by atoms with Gasteiger partial charge in [-0.3, -0.25) is 4.18 Å². The lowest BCUT2D eigenvalue weighted by molar-refractivity contribution is -0.376. The van der Waals surface area contributed by atoms with Crippen LogP contribution in [0.5, 0.6) is 0 Å². The number of halogens is 6. The summed E-state index contributed by atoms with van der Waals surface area (Å²) in [5.41, 5.74) is -5.79. The molecule has 1 aromatic rings. The first kappa shape index (κ1) is 25.7. The largest absolute Gasteiger partial charge is 0.430 e. The van der Waals surface area contributed by atoms with Crippen LogP contribution in [0, 0.1) is 0 Å². The van der Waals surface area contributed by atoms with Gasteiger partial charge in [-0.1, -0.05) is 44.5 Å². The summed E-state index contributed by atoms with van der Waals surface area (Å²) in [7, 11) is -2.59. The van der Waals surface area contributed by atoms with Crippen LogP contribution in [0.15, 0.2) is 24.3 Å². The molecule has 0 aliphatic carbocycles. The van der Waals surface area contributed by atoms with E-state index in [2.05, 4.69) is 4.18 Å². The summed E-state index contributed by atoms with van der Waals surface area (Å²) < 4.78 is 105. The van der Waals surface area contributed by atoms with Crippen LogP contribution in [0.2, 0.25) is 0 Å². The van der Waals surface area contributed by atoms with Crippen molar-refractivity contribution in [3.8, 4) is 0 Å². The second-order valence-corrected chi connectivity index (χ2v) is 8.84. The molecule has 0 fully saturated rings. The van der Waals surface area contributed by atoms with Crippen molar-refractivity contribution in [1.29, 1.82) is 0 Å². The van der Waals surface area contributed by atoms with E-state index in [1.165, 1.54) is 0 Å². The maximum atomic E-state index is 12.9. The lowest BCUT2D eigenvalue weighted by atomic mass is 9.88. The first-order valence-corrected chi connectivity index (χ1v) is 10.3. The highest BCUT2D eigenvalue weighted by molar-refractivity contribution is 7.87. The third kappa shape index (κ3) is 5.64. The van der Waals surface area contributed by atoms with Crippen LogP contribution in [0.1, 0.15) is 56.6 Å². The molecule has 168 valence electrons. The Kier molecular flexibility index (Phi) is 8.17. The number of hydrogen-bond acceptors (Lipinski definition) is 4. The lowest BCUT2D eigenvalue weighted by Gasteiger charge is -2.32. The van der Waals surface area contributed by atoms with E-state index < -0.39 is 38.9 Å². The molecule has 0 spiro atoms. The van der Waals surface area contributed by atoms with Crippen molar-refractivity contribution in [3.63, 3.8) is 0 Å². The molecule has 1 rings (SSSR count). The minimum atomic E-state index is -5.93. The van der Waals surface area contributed by atoms with Crippen LogP contribution in [-0.2, 0) is 19.9 Å². The Hall–Kier alpha value is -1.33. The van der Waals surface area contributed by atoms with Gasteiger partial charge >= 0.3 is 12.4 Å². The Morgan fingerprint density at radius 2 is 1.48 bits per heavy atom. The molecule has 0 saturated carbocycles. The molecule has 0 aliphatic heterocycles.